The Morgan fingerprint density at radius 3 is 1.18 bits per heavy atom. The number of nitrogens with zero attached hydrogens (tertiary/aromatic N) is 8. The molecule has 77 heavy (non-hydrogen) atoms. The summed E-state index contributed by atoms with van der Waals surface area (Å²) in [6.45, 7) is 5.92. The number of rotatable bonds is 14. The van der Waals surface area contributed by atoms with Crippen molar-refractivity contribution in [3.05, 3.63) is 203 Å². The highest BCUT2D eigenvalue weighted by molar-refractivity contribution is 6.54. The number of benzene rings is 2. The van der Waals surface area contributed by atoms with E-state index in [1.807, 2.05) is 136 Å². The molecule has 5 N–H and O–H groups in total. The molecular weight excluding hydrogens is 990 g/mol. The lowest BCUT2D eigenvalue weighted by Gasteiger charge is -2.14. The molecule has 0 saturated heterocycles. The van der Waals surface area contributed by atoms with Crippen LogP contribution in [0.3, 0.4) is 0 Å². The number of ketones is 2. The van der Waals surface area contributed by atoms with E-state index in [9.17, 15) is 19.2 Å². The summed E-state index contributed by atoms with van der Waals surface area (Å²) in [5.41, 5.74) is 11.8. The van der Waals surface area contributed by atoms with Crippen LogP contribution in [0.5, 0.6) is 0 Å². The van der Waals surface area contributed by atoms with E-state index >= 15 is 0 Å². The van der Waals surface area contributed by atoms with Crippen LogP contribution in [0.1, 0.15) is 38.9 Å². The zero-order chi connectivity index (χ0) is 54.6. The topological polar surface area (TPSA) is 212 Å². The third kappa shape index (κ3) is 13.8. The van der Waals surface area contributed by atoms with E-state index in [-0.39, 0.29) is 0 Å². The van der Waals surface area contributed by atoms with Crippen molar-refractivity contribution in [2.24, 2.45) is 0 Å². The fourth-order valence-corrected chi connectivity index (χ4v) is 8.14. The van der Waals surface area contributed by atoms with Gasteiger partial charge in [-0.3, -0.25) is 19.2 Å². The fraction of sp³-hybridized carbons (Fsp3) is 0.153. The van der Waals surface area contributed by atoms with Crippen molar-refractivity contribution in [2.75, 3.05) is 54.8 Å². The van der Waals surface area contributed by atoms with Crippen molar-refractivity contribution in [3.63, 3.8) is 0 Å². The number of carbonyl (C=O) groups excluding carboxylic acids is 4. The van der Waals surface area contributed by atoms with Gasteiger partial charge in [0.2, 0.25) is 0 Å². The molecule has 0 spiro atoms. The lowest BCUT2D eigenvalue weighted by molar-refractivity contribution is -0.139. The summed E-state index contributed by atoms with van der Waals surface area (Å²) in [6.07, 6.45) is 15.4. The van der Waals surface area contributed by atoms with Crippen molar-refractivity contribution in [1.82, 2.24) is 39.7 Å². The molecule has 6 aromatic heterocycles. The average Bonchev–Trinajstić information content (AvgIpc) is 4.07. The van der Waals surface area contributed by atoms with Gasteiger partial charge in [0.05, 0.1) is 0 Å². The Morgan fingerprint density at radius 1 is 0.442 bits per heavy atom. The quantitative estimate of drug-likeness (QED) is 0.0506. The Morgan fingerprint density at radius 2 is 0.818 bits per heavy atom. The third-order valence-electron chi connectivity index (χ3n) is 12.1. The third-order valence-corrected chi connectivity index (χ3v) is 12.4. The largest absolute Gasteiger partial charge is 0.342 e. The number of likely N-dealkylation sites (N-methyl/N-ethyl adjacent to an activating group) is 2. The summed E-state index contributed by atoms with van der Waals surface area (Å²) >= 11 is 5.81. The van der Waals surface area contributed by atoms with Gasteiger partial charge in [0.15, 0.2) is 0 Å². The number of aryl methyl sites for hydroxylation is 3. The van der Waals surface area contributed by atoms with E-state index in [1.54, 1.807) is 71.4 Å². The summed E-state index contributed by atoms with van der Waals surface area (Å²) in [5.74, 6) is 1.57. The second-order valence-electron chi connectivity index (χ2n) is 18.3. The molecule has 0 atom stereocenters. The standard InChI is InChI=1S/2C24H23N5O2.C11H10ClN3/c2*1-15-14-26-22(13-20(15)28-21-6-4-5-11-25-21)27-17-9-7-16-8-10-18(19(16)12-17)23(30)24(31)29(2)3;1-8-7-14-10(12)6-9(8)15-11-4-2-3-5-13-11/h2*4-7,9-14H,8H2,1-3H3,(H2,25,26,27,28);2-7H,1H3,(H,13,14,15). The first-order valence-corrected chi connectivity index (χ1v) is 24.8. The second kappa shape index (κ2) is 24.6. The van der Waals surface area contributed by atoms with Gasteiger partial charge in [-0.1, -0.05) is 54.1 Å². The summed E-state index contributed by atoms with van der Waals surface area (Å²) in [5, 5.41) is 16.8. The number of amides is 2. The van der Waals surface area contributed by atoms with Crippen LogP contribution in [0, 0.1) is 20.8 Å². The molecule has 17 nitrogen and oxygen atoms in total. The molecule has 8 aromatic rings. The predicted molar refractivity (Wildman–Crippen MR) is 305 cm³/mol. The van der Waals surface area contributed by atoms with Crippen LogP contribution >= 0.6 is 11.6 Å². The number of hydrogen-bond donors (Lipinski definition) is 5. The van der Waals surface area contributed by atoms with E-state index in [2.05, 4.69) is 56.5 Å². The van der Waals surface area contributed by atoms with Gasteiger partial charge in [-0.2, -0.15) is 0 Å². The zero-order valence-corrected chi connectivity index (χ0v) is 44.3. The van der Waals surface area contributed by atoms with E-state index in [1.165, 1.54) is 9.80 Å². The van der Waals surface area contributed by atoms with Crippen molar-refractivity contribution in [3.8, 4) is 0 Å². The second-order valence-corrected chi connectivity index (χ2v) is 18.7. The Labute approximate surface area is 451 Å². The lowest BCUT2D eigenvalue weighted by Crippen LogP contribution is -2.30. The maximum Gasteiger partial charge on any atom is 0.294 e. The molecule has 0 saturated carbocycles. The molecule has 2 aliphatic carbocycles. The number of nitrogens with one attached hydrogen (secondary N) is 5. The van der Waals surface area contributed by atoms with Crippen LogP contribution < -0.4 is 26.6 Å². The van der Waals surface area contributed by atoms with Gasteiger partial charge < -0.3 is 36.4 Å². The maximum absolute atomic E-state index is 12.6. The number of anilines is 10. The van der Waals surface area contributed by atoms with Gasteiger partial charge in [0, 0.05) is 117 Å². The first-order chi connectivity index (χ1) is 37.1. The normalized spacial score (nSPS) is 11.6. The summed E-state index contributed by atoms with van der Waals surface area (Å²) < 4.78 is 0. The van der Waals surface area contributed by atoms with Gasteiger partial charge in [-0.25, -0.2) is 29.9 Å². The smallest absolute Gasteiger partial charge is 0.294 e. The Hall–Kier alpha value is -9.61. The minimum Gasteiger partial charge on any atom is -0.342 e. The van der Waals surface area contributed by atoms with E-state index < -0.39 is 23.4 Å². The number of fused-ring (bicyclic) bond motifs is 2. The molecule has 2 aromatic carbocycles. The van der Waals surface area contributed by atoms with Crippen LogP contribution in [0.15, 0.2) is 159 Å². The molecule has 6 heterocycles. The number of allylic oxidation sites excluding steroid dienone is 2. The van der Waals surface area contributed by atoms with Gasteiger partial charge >= 0.3 is 0 Å². The van der Waals surface area contributed by atoms with Gasteiger partial charge in [-0.05, 0) is 139 Å². The van der Waals surface area contributed by atoms with E-state index in [0.717, 1.165) is 84.8 Å². The highest BCUT2D eigenvalue weighted by Crippen LogP contribution is 2.34. The van der Waals surface area contributed by atoms with E-state index in [0.29, 0.717) is 40.8 Å². The van der Waals surface area contributed by atoms with Gasteiger partial charge in [-0.15, -0.1) is 0 Å². The van der Waals surface area contributed by atoms with Crippen molar-refractivity contribution in [1.29, 1.82) is 0 Å². The maximum atomic E-state index is 12.6. The van der Waals surface area contributed by atoms with Crippen LogP contribution in [-0.2, 0) is 32.0 Å². The minimum absolute atomic E-state index is 0.451. The zero-order valence-electron chi connectivity index (χ0n) is 43.5. The van der Waals surface area contributed by atoms with Gasteiger partial charge in [0.1, 0.15) is 34.2 Å². The number of aromatic nitrogens is 6. The highest BCUT2D eigenvalue weighted by Gasteiger charge is 2.28. The van der Waals surface area contributed by atoms with Crippen LogP contribution in [0.25, 0.3) is 11.1 Å². The van der Waals surface area contributed by atoms with Crippen LogP contribution in [-0.4, -0.2) is 91.3 Å². The first kappa shape index (κ1) is 53.7. The molecule has 0 unspecified atom stereocenters. The molecule has 2 amide bonds. The number of pyridine rings is 6. The molecule has 0 aliphatic heterocycles. The molecule has 18 heteroatoms. The average molecular weight is 1050 g/mol. The molecule has 0 bridgehead atoms. The van der Waals surface area contributed by atoms with Crippen LogP contribution in [0.4, 0.5) is 57.5 Å². The number of halogens is 1. The molecule has 2 aliphatic rings. The van der Waals surface area contributed by atoms with Crippen molar-refractivity contribution in [2.45, 2.75) is 33.6 Å². The highest BCUT2D eigenvalue weighted by atomic mass is 35.5. The monoisotopic (exact) mass is 1050 g/mol. The summed E-state index contributed by atoms with van der Waals surface area (Å²) in [6, 6.07) is 34.3. The molecular formula is C59H56ClN13O4. The molecule has 0 radical (unpaired) electrons. The molecule has 10 rings (SSSR count). The van der Waals surface area contributed by atoms with Crippen LogP contribution in [0.2, 0.25) is 5.15 Å². The number of hydrogen-bond acceptors (Lipinski definition) is 15. The minimum atomic E-state index is -0.525. The SMILES string of the molecule is Cc1cnc(Cl)cc1Nc1ccccn1.Cc1cnc(Nc2ccc3c(c2)C(C(=O)C(=O)N(C)C)=CC3)cc1Nc1ccccn1.Cc1cnc(Nc2ccc3c(c2)C(C(=O)C(=O)N(C)C)=CC3)cc1Nc1ccccn1. The fourth-order valence-electron chi connectivity index (χ4n) is 7.98. The van der Waals surface area contributed by atoms with Crippen molar-refractivity contribution >= 4 is 104 Å². The molecule has 0 fully saturated rings. The Kier molecular flexibility index (Phi) is 17.2. The Balaban J connectivity index is 0.000000162. The van der Waals surface area contributed by atoms with Crippen molar-refractivity contribution < 1.29 is 19.2 Å². The van der Waals surface area contributed by atoms with Gasteiger partial charge in [0.25, 0.3) is 23.4 Å². The number of carbonyl (C=O) groups is 4. The lowest BCUT2D eigenvalue weighted by atomic mass is 10.0. The first-order valence-electron chi connectivity index (χ1n) is 24.4. The Bertz CT molecular complexity index is 3350. The summed E-state index contributed by atoms with van der Waals surface area (Å²) in [7, 11) is 6.31. The molecule has 388 valence electrons. The summed E-state index contributed by atoms with van der Waals surface area (Å²) in [4.78, 5) is 77.7. The van der Waals surface area contributed by atoms with E-state index in [4.69, 9.17) is 11.6 Å². The predicted octanol–water partition coefficient (Wildman–Crippen LogP) is 10.9. The number of Topliss-reactive ketones (excluding diaryl/α,β-unsaturated/α-hetero) is 2.